The van der Waals surface area contributed by atoms with E-state index in [0.29, 0.717) is 12.1 Å². The van der Waals surface area contributed by atoms with Gasteiger partial charge in [-0.1, -0.05) is 12.1 Å². The van der Waals surface area contributed by atoms with Crippen molar-refractivity contribution >= 4 is 0 Å². The van der Waals surface area contributed by atoms with Gasteiger partial charge in [0.15, 0.2) is 0 Å². The van der Waals surface area contributed by atoms with Gasteiger partial charge in [0.1, 0.15) is 12.4 Å². The molecule has 0 radical (unpaired) electrons. The van der Waals surface area contributed by atoms with Gasteiger partial charge in [0.05, 0.1) is 6.10 Å². The summed E-state index contributed by atoms with van der Waals surface area (Å²) in [7, 11) is 0. The molecule has 1 heterocycles. The van der Waals surface area contributed by atoms with E-state index < -0.39 is 0 Å². The summed E-state index contributed by atoms with van der Waals surface area (Å²) in [5.74, 6) is 0.956. The van der Waals surface area contributed by atoms with Gasteiger partial charge in [-0.2, -0.15) is 0 Å². The largest absolute Gasteiger partial charge is 0.492 e. The highest BCUT2D eigenvalue weighted by Crippen LogP contribution is 2.13. The molecule has 1 saturated heterocycles. The van der Waals surface area contributed by atoms with E-state index in [9.17, 15) is 0 Å². The van der Waals surface area contributed by atoms with Crippen molar-refractivity contribution in [3.8, 4) is 5.75 Å². The highest BCUT2D eigenvalue weighted by atomic mass is 16.5. The Labute approximate surface area is 109 Å². The molecule has 1 N–H and O–H groups in total. The second kappa shape index (κ2) is 6.76. The highest BCUT2D eigenvalue weighted by molar-refractivity contribution is 5.27. The van der Waals surface area contributed by atoms with Crippen LogP contribution in [0.5, 0.6) is 5.75 Å². The Morgan fingerprint density at radius 3 is 3.11 bits per heavy atom. The first kappa shape index (κ1) is 13.4. The summed E-state index contributed by atoms with van der Waals surface area (Å²) in [6.45, 7) is 6.70. The molecule has 2 atom stereocenters. The maximum absolute atomic E-state index is 5.71. The number of benzene rings is 1. The zero-order valence-corrected chi connectivity index (χ0v) is 11.3. The van der Waals surface area contributed by atoms with Crippen LogP contribution < -0.4 is 10.1 Å². The summed E-state index contributed by atoms with van der Waals surface area (Å²) < 4.78 is 11.2. The van der Waals surface area contributed by atoms with Crippen LogP contribution in [0, 0.1) is 6.92 Å². The van der Waals surface area contributed by atoms with Crippen molar-refractivity contribution in [1.29, 1.82) is 0 Å². The molecule has 0 bridgehead atoms. The van der Waals surface area contributed by atoms with Crippen molar-refractivity contribution in [2.45, 2.75) is 38.8 Å². The maximum atomic E-state index is 5.71. The summed E-state index contributed by atoms with van der Waals surface area (Å²) in [5.41, 5.74) is 1.23. The van der Waals surface area contributed by atoms with Crippen LogP contribution in [0.3, 0.4) is 0 Å². The van der Waals surface area contributed by atoms with Gasteiger partial charge >= 0.3 is 0 Å². The summed E-state index contributed by atoms with van der Waals surface area (Å²) in [4.78, 5) is 0. The van der Waals surface area contributed by atoms with Crippen molar-refractivity contribution in [3.63, 3.8) is 0 Å². The molecule has 1 aliphatic rings. The van der Waals surface area contributed by atoms with Gasteiger partial charge in [-0.05, 0) is 44.4 Å². The fourth-order valence-electron chi connectivity index (χ4n) is 2.32. The number of hydrogen-bond acceptors (Lipinski definition) is 3. The first-order valence-electron chi connectivity index (χ1n) is 6.78. The van der Waals surface area contributed by atoms with Crippen LogP contribution in [0.2, 0.25) is 0 Å². The maximum Gasteiger partial charge on any atom is 0.119 e. The van der Waals surface area contributed by atoms with Gasteiger partial charge in [-0.3, -0.25) is 0 Å². The van der Waals surface area contributed by atoms with Gasteiger partial charge in [-0.15, -0.1) is 0 Å². The lowest BCUT2D eigenvalue weighted by Crippen LogP contribution is -2.39. The second-order valence-electron chi connectivity index (χ2n) is 5.02. The Morgan fingerprint density at radius 1 is 1.44 bits per heavy atom. The second-order valence-corrected chi connectivity index (χ2v) is 5.02. The van der Waals surface area contributed by atoms with Crippen molar-refractivity contribution in [2.75, 3.05) is 19.8 Å². The van der Waals surface area contributed by atoms with Crippen LogP contribution >= 0.6 is 0 Å². The van der Waals surface area contributed by atoms with E-state index in [-0.39, 0.29) is 0 Å². The number of hydrogen-bond donors (Lipinski definition) is 1. The molecular formula is C15H23NO2. The SMILES string of the molecule is Cc1cccc(OCCNC2CCOC(C)C2)c1. The van der Waals surface area contributed by atoms with Crippen molar-refractivity contribution in [3.05, 3.63) is 29.8 Å². The number of nitrogens with one attached hydrogen (secondary N) is 1. The minimum atomic E-state index is 0.383. The molecule has 1 aliphatic heterocycles. The van der Waals surface area contributed by atoms with Crippen LogP contribution in [0.1, 0.15) is 25.3 Å². The van der Waals surface area contributed by atoms with E-state index in [1.54, 1.807) is 0 Å². The third-order valence-electron chi connectivity index (χ3n) is 3.28. The fraction of sp³-hybridized carbons (Fsp3) is 0.600. The van der Waals surface area contributed by atoms with Crippen molar-refractivity contribution in [1.82, 2.24) is 5.32 Å². The normalized spacial score (nSPS) is 23.9. The van der Waals surface area contributed by atoms with Crippen LogP contribution in [0.15, 0.2) is 24.3 Å². The highest BCUT2D eigenvalue weighted by Gasteiger charge is 2.18. The van der Waals surface area contributed by atoms with Gasteiger partial charge < -0.3 is 14.8 Å². The molecule has 2 unspecified atom stereocenters. The summed E-state index contributed by atoms with van der Waals surface area (Å²) in [6.07, 6.45) is 2.59. The molecular weight excluding hydrogens is 226 g/mol. The molecule has 1 aromatic rings. The quantitative estimate of drug-likeness (QED) is 0.813. The summed E-state index contributed by atoms with van der Waals surface area (Å²) in [6, 6.07) is 8.75. The fourth-order valence-corrected chi connectivity index (χ4v) is 2.32. The van der Waals surface area contributed by atoms with Crippen LogP contribution in [-0.2, 0) is 4.74 Å². The molecule has 0 aliphatic carbocycles. The lowest BCUT2D eigenvalue weighted by molar-refractivity contribution is 0.0129. The molecule has 0 amide bonds. The molecule has 3 nitrogen and oxygen atoms in total. The van der Waals surface area contributed by atoms with Crippen LogP contribution in [-0.4, -0.2) is 31.9 Å². The number of rotatable bonds is 5. The van der Waals surface area contributed by atoms with E-state index >= 15 is 0 Å². The van der Waals surface area contributed by atoms with E-state index in [1.807, 2.05) is 12.1 Å². The lowest BCUT2D eigenvalue weighted by atomic mass is 10.0. The average Bonchev–Trinajstić information content (AvgIpc) is 2.35. The van der Waals surface area contributed by atoms with Crippen LogP contribution in [0.25, 0.3) is 0 Å². The predicted octanol–water partition coefficient (Wildman–Crippen LogP) is 2.53. The van der Waals surface area contributed by atoms with Gasteiger partial charge in [0, 0.05) is 19.2 Å². The molecule has 0 saturated carbocycles. The first-order chi connectivity index (χ1) is 8.74. The average molecular weight is 249 g/mol. The molecule has 1 aromatic carbocycles. The van der Waals surface area contributed by atoms with Crippen molar-refractivity contribution in [2.24, 2.45) is 0 Å². The monoisotopic (exact) mass is 249 g/mol. The zero-order chi connectivity index (χ0) is 12.8. The minimum Gasteiger partial charge on any atom is -0.492 e. The molecule has 100 valence electrons. The van der Waals surface area contributed by atoms with Gasteiger partial charge in [0.2, 0.25) is 0 Å². The van der Waals surface area contributed by atoms with Crippen molar-refractivity contribution < 1.29 is 9.47 Å². The van der Waals surface area contributed by atoms with E-state index in [0.717, 1.165) is 38.3 Å². The van der Waals surface area contributed by atoms with Gasteiger partial charge in [-0.25, -0.2) is 0 Å². The van der Waals surface area contributed by atoms with E-state index in [4.69, 9.17) is 9.47 Å². The minimum absolute atomic E-state index is 0.383. The van der Waals surface area contributed by atoms with Gasteiger partial charge in [0.25, 0.3) is 0 Å². The molecule has 2 rings (SSSR count). The molecule has 18 heavy (non-hydrogen) atoms. The topological polar surface area (TPSA) is 30.5 Å². The zero-order valence-electron chi connectivity index (χ0n) is 11.3. The molecule has 1 fully saturated rings. The smallest absolute Gasteiger partial charge is 0.119 e. The third kappa shape index (κ3) is 4.31. The Balaban J connectivity index is 1.64. The first-order valence-corrected chi connectivity index (χ1v) is 6.78. The van der Waals surface area contributed by atoms with Crippen LogP contribution in [0.4, 0.5) is 0 Å². The van der Waals surface area contributed by atoms with E-state index in [1.165, 1.54) is 5.56 Å². The predicted molar refractivity (Wildman–Crippen MR) is 73.1 cm³/mol. The molecule has 3 heteroatoms. The van der Waals surface area contributed by atoms with E-state index in [2.05, 4.69) is 31.3 Å². The Hall–Kier alpha value is -1.06. The summed E-state index contributed by atoms with van der Waals surface area (Å²) >= 11 is 0. The Bertz CT molecular complexity index is 367. The Morgan fingerprint density at radius 2 is 2.33 bits per heavy atom. The summed E-state index contributed by atoms with van der Waals surface area (Å²) in [5, 5.41) is 3.53. The number of aryl methyl sites for hydroxylation is 1. The Kier molecular flexibility index (Phi) is 5.02. The number of ether oxygens (including phenoxy) is 2. The molecule has 0 spiro atoms. The third-order valence-corrected chi connectivity index (χ3v) is 3.28. The lowest BCUT2D eigenvalue weighted by Gasteiger charge is -2.28. The standard InChI is InChI=1S/C15H23NO2/c1-12-4-3-5-15(10-12)18-9-7-16-14-6-8-17-13(2)11-14/h3-5,10,13-14,16H,6-9,11H2,1-2H3. The molecule has 0 aromatic heterocycles.